The first kappa shape index (κ1) is 21.5. The number of carbonyl (C=O) groups excluding carboxylic acids is 2. The summed E-state index contributed by atoms with van der Waals surface area (Å²) in [5, 5.41) is 0.716. The lowest BCUT2D eigenvalue weighted by Crippen LogP contribution is -2.35. The normalized spacial score (nSPS) is 13.3. The highest BCUT2D eigenvalue weighted by Gasteiger charge is 2.20. The maximum absolute atomic E-state index is 12.5. The fraction of sp³-hybridized carbons (Fsp3) is 0.619. The van der Waals surface area contributed by atoms with Gasteiger partial charge >= 0.3 is 5.97 Å². The Morgan fingerprint density at radius 1 is 1.24 bits per heavy atom. The molecule has 1 aliphatic carbocycles. The van der Waals surface area contributed by atoms with Crippen LogP contribution in [0.25, 0.3) is 10.2 Å². The molecule has 0 aliphatic heterocycles. The Labute approximate surface area is 174 Å². The summed E-state index contributed by atoms with van der Waals surface area (Å²) in [6.45, 7) is 5.03. The maximum Gasteiger partial charge on any atom is 0.306 e. The number of aromatic amines is 1. The van der Waals surface area contributed by atoms with Crippen LogP contribution in [0.15, 0.2) is 4.79 Å². The van der Waals surface area contributed by atoms with E-state index in [2.05, 4.69) is 16.9 Å². The van der Waals surface area contributed by atoms with Crippen LogP contribution in [-0.2, 0) is 33.6 Å². The predicted octanol–water partition coefficient (Wildman–Crippen LogP) is 2.99. The second-order valence-electron chi connectivity index (χ2n) is 7.39. The van der Waals surface area contributed by atoms with Crippen molar-refractivity contribution in [1.29, 1.82) is 0 Å². The van der Waals surface area contributed by atoms with Crippen LogP contribution in [0.2, 0.25) is 0 Å². The molecule has 0 unspecified atom stereocenters. The first-order valence-electron chi connectivity index (χ1n) is 10.5. The number of thiophene rings is 1. The van der Waals surface area contributed by atoms with E-state index in [4.69, 9.17) is 4.74 Å². The maximum atomic E-state index is 12.5. The predicted molar refractivity (Wildman–Crippen MR) is 113 cm³/mol. The van der Waals surface area contributed by atoms with Gasteiger partial charge in [-0.25, -0.2) is 4.98 Å². The molecule has 29 heavy (non-hydrogen) atoms. The number of ether oxygens (including phenoxy) is 1. The number of nitrogens with zero attached hydrogens (tertiary/aromatic N) is 2. The lowest BCUT2D eigenvalue weighted by Gasteiger charge is -2.20. The summed E-state index contributed by atoms with van der Waals surface area (Å²) >= 11 is 1.59. The van der Waals surface area contributed by atoms with Gasteiger partial charge in [0, 0.05) is 24.4 Å². The molecule has 0 fully saturated rings. The third kappa shape index (κ3) is 5.23. The van der Waals surface area contributed by atoms with Crippen LogP contribution in [0.4, 0.5) is 0 Å². The first-order valence-corrected chi connectivity index (χ1v) is 11.3. The van der Waals surface area contributed by atoms with Crippen molar-refractivity contribution < 1.29 is 14.3 Å². The van der Waals surface area contributed by atoms with E-state index in [1.165, 1.54) is 4.88 Å². The Bertz CT molecular complexity index is 934. The third-order valence-corrected chi connectivity index (χ3v) is 6.50. The SMILES string of the molecule is CCCCN(CC)C(=O)COC(=O)CCc1nc2sc3c(c2c(=O)[nH]1)CCCC3. The van der Waals surface area contributed by atoms with Gasteiger partial charge in [0.25, 0.3) is 11.5 Å². The van der Waals surface area contributed by atoms with Crippen molar-refractivity contribution in [3.05, 3.63) is 26.6 Å². The lowest BCUT2D eigenvalue weighted by atomic mass is 9.97. The van der Waals surface area contributed by atoms with E-state index in [-0.39, 0.29) is 30.9 Å². The number of rotatable bonds is 9. The van der Waals surface area contributed by atoms with E-state index in [9.17, 15) is 14.4 Å². The molecule has 7 nitrogen and oxygen atoms in total. The molecule has 0 radical (unpaired) electrons. The summed E-state index contributed by atoms with van der Waals surface area (Å²) in [5.74, 6) is -0.146. The Hall–Kier alpha value is -2.22. The van der Waals surface area contributed by atoms with Gasteiger partial charge in [-0.1, -0.05) is 13.3 Å². The zero-order chi connectivity index (χ0) is 20.8. The van der Waals surface area contributed by atoms with Crippen molar-refractivity contribution in [3.63, 3.8) is 0 Å². The summed E-state index contributed by atoms with van der Waals surface area (Å²) < 4.78 is 5.13. The average Bonchev–Trinajstić information content (AvgIpc) is 3.10. The van der Waals surface area contributed by atoms with Gasteiger partial charge < -0.3 is 14.6 Å². The molecular formula is C21H29N3O4S. The smallest absolute Gasteiger partial charge is 0.306 e. The summed E-state index contributed by atoms with van der Waals surface area (Å²) in [6.07, 6.45) is 6.52. The lowest BCUT2D eigenvalue weighted by molar-refractivity contribution is -0.152. The molecule has 0 saturated heterocycles. The van der Waals surface area contributed by atoms with E-state index < -0.39 is 5.97 Å². The summed E-state index contributed by atoms with van der Waals surface area (Å²) in [6, 6.07) is 0. The zero-order valence-corrected chi connectivity index (χ0v) is 18.0. The second kappa shape index (κ2) is 10.0. The van der Waals surface area contributed by atoms with E-state index in [1.807, 2.05) is 6.92 Å². The number of aromatic nitrogens is 2. The topological polar surface area (TPSA) is 92.4 Å². The van der Waals surface area contributed by atoms with Crippen LogP contribution in [0.1, 0.15) is 62.2 Å². The van der Waals surface area contributed by atoms with Gasteiger partial charge in [0.05, 0.1) is 11.8 Å². The Morgan fingerprint density at radius 3 is 2.79 bits per heavy atom. The zero-order valence-electron chi connectivity index (χ0n) is 17.2. The second-order valence-corrected chi connectivity index (χ2v) is 8.47. The van der Waals surface area contributed by atoms with E-state index in [0.717, 1.165) is 48.9 Å². The summed E-state index contributed by atoms with van der Waals surface area (Å²) in [7, 11) is 0. The van der Waals surface area contributed by atoms with Gasteiger partial charge in [-0.05, 0) is 44.6 Å². The molecule has 2 aromatic rings. The van der Waals surface area contributed by atoms with E-state index in [1.54, 1.807) is 16.2 Å². The number of nitrogens with one attached hydrogen (secondary N) is 1. The standard InChI is InChI=1S/C21H29N3O4S/c1-3-5-12-24(4-2)17(25)13-28-18(26)11-10-16-22-20(27)19-14-8-6-7-9-15(14)29-21(19)23-16/h3-13H2,1-2H3,(H,22,23,27). The Morgan fingerprint density at radius 2 is 2.03 bits per heavy atom. The van der Waals surface area contributed by atoms with E-state index in [0.29, 0.717) is 24.3 Å². The third-order valence-electron chi connectivity index (χ3n) is 5.31. The molecule has 1 N–H and O–H groups in total. The van der Waals surface area contributed by atoms with Crippen molar-refractivity contribution in [2.24, 2.45) is 0 Å². The van der Waals surface area contributed by atoms with Crippen LogP contribution >= 0.6 is 11.3 Å². The highest BCUT2D eigenvalue weighted by atomic mass is 32.1. The number of fused-ring (bicyclic) bond motifs is 3. The first-order chi connectivity index (χ1) is 14.0. The molecule has 3 rings (SSSR count). The van der Waals surface area contributed by atoms with E-state index >= 15 is 0 Å². The fourth-order valence-electron chi connectivity index (χ4n) is 3.66. The number of unbranched alkanes of at least 4 members (excludes halogenated alkanes) is 1. The molecule has 2 aromatic heterocycles. The number of aryl methyl sites for hydroxylation is 3. The molecule has 0 atom stereocenters. The van der Waals surface area contributed by atoms with Crippen molar-refractivity contribution in [1.82, 2.24) is 14.9 Å². The number of hydrogen-bond acceptors (Lipinski definition) is 6. The highest BCUT2D eigenvalue weighted by Crippen LogP contribution is 2.33. The number of esters is 1. The molecule has 8 heteroatoms. The Balaban J connectivity index is 1.55. The molecule has 2 heterocycles. The van der Waals surface area contributed by atoms with Crippen LogP contribution < -0.4 is 5.56 Å². The minimum Gasteiger partial charge on any atom is -0.456 e. The van der Waals surface area contributed by atoms with Gasteiger partial charge in [-0.3, -0.25) is 14.4 Å². The monoisotopic (exact) mass is 419 g/mol. The van der Waals surface area contributed by atoms with Crippen LogP contribution in [-0.4, -0.2) is 46.4 Å². The number of hydrogen-bond donors (Lipinski definition) is 1. The number of H-pyrrole nitrogens is 1. The molecule has 0 saturated carbocycles. The highest BCUT2D eigenvalue weighted by molar-refractivity contribution is 7.18. The van der Waals surface area contributed by atoms with Gasteiger partial charge in [0.2, 0.25) is 0 Å². The molecule has 1 aliphatic rings. The average molecular weight is 420 g/mol. The minimum absolute atomic E-state index is 0.0773. The molecule has 158 valence electrons. The molecule has 0 bridgehead atoms. The van der Waals surface area contributed by atoms with Crippen molar-refractivity contribution in [2.45, 2.75) is 65.2 Å². The van der Waals surface area contributed by atoms with Crippen LogP contribution in [0, 0.1) is 0 Å². The van der Waals surface area contributed by atoms with Crippen LogP contribution in [0.3, 0.4) is 0 Å². The van der Waals surface area contributed by atoms with Crippen molar-refractivity contribution in [3.8, 4) is 0 Å². The Kier molecular flexibility index (Phi) is 7.41. The molecule has 1 amide bonds. The minimum atomic E-state index is -0.460. The molecular weight excluding hydrogens is 390 g/mol. The fourth-order valence-corrected chi connectivity index (χ4v) is 4.94. The quantitative estimate of drug-likeness (QED) is 0.631. The number of amides is 1. The van der Waals surface area contributed by atoms with Gasteiger partial charge in [0.1, 0.15) is 10.7 Å². The van der Waals surface area contributed by atoms with Gasteiger partial charge in [0.15, 0.2) is 6.61 Å². The van der Waals surface area contributed by atoms with Gasteiger partial charge in [-0.15, -0.1) is 11.3 Å². The van der Waals surface area contributed by atoms with Crippen LogP contribution in [0.5, 0.6) is 0 Å². The molecule has 0 aromatic carbocycles. The van der Waals surface area contributed by atoms with Crippen molar-refractivity contribution >= 4 is 33.4 Å². The number of likely N-dealkylation sites (N-methyl/N-ethyl adjacent to an activating group) is 1. The van der Waals surface area contributed by atoms with Crippen molar-refractivity contribution in [2.75, 3.05) is 19.7 Å². The van der Waals surface area contributed by atoms with Gasteiger partial charge in [-0.2, -0.15) is 0 Å². The molecule has 0 spiro atoms. The number of carbonyl (C=O) groups is 2. The summed E-state index contributed by atoms with van der Waals surface area (Å²) in [4.78, 5) is 47.8. The summed E-state index contributed by atoms with van der Waals surface area (Å²) in [5.41, 5.74) is 1.03. The largest absolute Gasteiger partial charge is 0.456 e.